The molecule has 18 heavy (non-hydrogen) atoms. The van der Waals surface area contributed by atoms with Crippen molar-refractivity contribution in [1.29, 1.82) is 5.26 Å². The first-order chi connectivity index (χ1) is 8.90. The first-order valence-electron chi connectivity index (χ1n) is 5.51. The zero-order chi connectivity index (χ0) is 12.6. The third-order valence-electron chi connectivity index (χ3n) is 2.18. The lowest BCUT2D eigenvalue weighted by Crippen LogP contribution is -2.05. The highest BCUT2D eigenvalue weighted by molar-refractivity contribution is 8.00. The molecular weight excluding hydrogens is 264 g/mol. The summed E-state index contributed by atoms with van der Waals surface area (Å²) in [4.78, 5) is 8.35. The van der Waals surface area contributed by atoms with Crippen molar-refractivity contribution in [3.63, 3.8) is 0 Å². The van der Waals surface area contributed by atoms with Crippen LogP contribution in [0, 0.1) is 11.3 Å². The van der Waals surface area contributed by atoms with Crippen molar-refractivity contribution in [2.24, 2.45) is 0 Å². The van der Waals surface area contributed by atoms with Gasteiger partial charge in [-0.3, -0.25) is 0 Å². The number of thiazole rings is 1. The number of pyridine rings is 1. The predicted octanol–water partition coefficient (Wildman–Crippen LogP) is 3.00. The van der Waals surface area contributed by atoms with E-state index in [-0.39, 0.29) is 0 Å². The molecule has 0 spiro atoms. The second-order valence-electron chi connectivity index (χ2n) is 3.44. The van der Waals surface area contributed by atoms with Gasteiger partial charge in [0.05, 0.1) is 5.56 Å². The van der Waals surface area contributed by atoms with Crippen molar-refractivity contribution >= 4 is 28.9 Å². The average Bonchev–Trinajstić information content (AvgIpc) is 2.92. The Balaban J connectivity index is 1.71. The fraction of sp³-hybridized carbons (Fsp3) is 0.250. The van der Waals surface area contributed by atoms with Crippen LogP contribution in [0.15, 0.2) is 34.2 Å². The number of nitrogens with one attached hydrogen (secondary N) is 1. The second kappa shape index (κ2) is 6.99. The molecule has 0 aliphatic heterocycles. The SMILES string of the molecule is N#Cc1cccnc1NCCCSc1nccs1. The first-order valence-corrected chi connectivity index (χ1v) is 7.38. The third-order valence-corrected chi connectivity index (χ3v) is 4.23. The summed E-state index contributed by atoms with van der Waals surface area (Å²) < 4.78 is 1.10. The number of nitrogens with zero attached hydrogens (tertiary/aromatic N) is 3. The molecule has 0 atom stereocenters. The summed E-state index contributed by atoms with van der Waals surface area (Å²) in [6.07, 6.45) is 4.51. The number of rotatable bonds is 6. The summed E-state index contributed by atoms with van der Waals surface area (Å²) in [5, 5.41) is 14.1. The Morgan fingerprint density at radius 1 is 1.39 bits per heavy atom. The number of thioether (sulfide) groups is 1. The van der Waals surface area contributed by atoms with E-state index in [1.165, 1.54) is 0 Å². The minimum atomic E-state index is 0.588. The van der Waals surface area contributed by atoms with E-state index in [1.807, 2.05) is 11.6 Å². The topological polar surface area (TPSA) is 61.6 Å². The Morgan fingerprint density at radius 2 is 2.33 bits per heavy atom. The van der Waals surface area contributed by atoms with Crippen LogP contribution in [0.3, 0.4) is 0 Å². The standard InChI is InChI=1S/C12H12N4S2/c13-9-10-3-1-4-14-11(10)15-5-2-7-17-12-16-6-8-18-12/h1,3-4,6,8H,2,5,7H2,(H,14,15). The molecule has 4 nitrogen and oxygen atoms in total. The third kappa shape index (κ3) is 3.72. The van der Waals surface area contributed by atoms with E-state index in [4.69, 9.17) is 5.26 Å². The highest BCUT2D eigenvalue weighted by Crippen LogP contribution is 2.20. The van der Waals surface area contributed by atoms with Crippen molar-refractivity contribution in [2.45, 2.75) is 10.8 Å². The molecule has 92 valence electrons. The number of hydrogen-bond donors (Lipinski definition) is 1. The monoisotopic (exact) mass is 276 g/mol. The van der Waals surface area contributed by atoms with E-state index in [1.54, 1.807) is 41.4 Å². The molecule has 0 bridgehead atoms. The summed E-state index contributed by atoms with van der Waals surface area (Å²) in [7, 11) is 0. The summed E-state index contributed by atoms with van der Waals surface area (Å²) in [5.74, 6) is 1.68. The van der Waals surface area contributed by atoms with E-state index in [9.17, 15) is 0 Å². The maximum atomic E-state index is 8.91. The molecule has 0 saturated carbocycles. The molecule has 2 rings (SSSR count). The lowest BCUT2D eigenvalue weighted by molar-refractivity contribution is 0.978. The van der Waals surface area contributed by atoms with E-state index < -0.39 is 0 Å². The van der Waals surface area contributed by atoms with Crippen LogP contribution in [0.4, 0.5) is 5.82 Å². The molecule has 2 aromatic heterocycles. The fourth-order valence-electron chi connectivity index (χ4n) is 1.36. The quantitative estimate of drug-likeness (QED) is 0.649. The number of anilines is 1. The smallest absolute Gasteiger partial charge is 0.149 e. The summed E-state index contributed by atoms with van der Waals surface area (Å²) in [6.45, 7) is 0.810. The van der Waals surface area contributed by atoms with Crippen molar-refractivity contribution in [2.75, 3.05) is 17.6 Å². The summed E-state index contributed by atoms with van der Waals surface area (Å²) >= 11 is 3.41. The average molecular weight is 276 g/mol. The Bertz CT molecular complexity index is 519. The summed E-state index contributed by atoms with van der Waals surface area (Å²) in [5.41, 5.74) is 0.588. The zero-order valence-electron chi connectivity index (χ0n) is 9.67. The van der Waals surface area contributed by atoms with Gasteiger partial charge in [0.2, 0.25) is 0 Å². The lowest BCUT2D eigenvalue weighted by Gasteiger charge is -2.05. The molecule has 2 aromatic rings. The highest BCUT2D eigenvalue weighted by Gasteiger charge is 2.01. The van der Waals surface area contributed by atoms with E-state index in [0.717, 1.165) is 23.1 Å². The van der Waals surface area contributed by atoms with Crippen LogP contribution in [-0.4, -0.2) is 22.3 Å². The highest BCUT2D eigenvalue weighted by atomic mass is 32.2. The van der Waals surface area contributed by atoms with Crippen LogP contribution in [0.2, 0.25) is 0 Å². The van der Waals surface area contributed by atoms with Gasteiger partial charge in [-0.1, -0.05) is 11.8 Å². The molecule has 1 N–H and O–H groups in total. The van der Waals surface area contributed by atoms with Crippen LogP contribution in [-0.2, 0) is 0 Å². The normalized spacial score (nSPS) is 9.94. The van der Waals surface area contributed by atoms with Gasteiger partial charge in [0.15, 0.2) is 0 Å². The number of hydrogen-bond acceptors (Lipinski definition) is 6. The largest absolute Gasteiger partial charge is 0.369 e. The van der Waals surface area contributed by atoms with Gasteiger partial charge in [-0.15, -0.1) is 11.3 Å². The summed E-state index contributed by atoms with van der Waals surface area (Å²) in [6, 6.07) is 5.65. The zero-order valence-corrected chi connectivity index (χ0v) is 11.3. The van der Waals surface area contributed by atoms with Gasteiger partial charge >= 0.3 is 0 Å². The van der Waals surface area contributed by atoms with Crippen molar-refractivity contribution in [3.8, 4) is 6.07 Å². The van der Waals surface area contributed by atoms with Gasteiger partial charge in [0, 0.05) is 30.1 Å². The number of aromatic nitrogens is 2. The van der Waals surface area contributed by atoms with Gasteiger partial charge in [-0.05, 0) is 18.6 Å². The molecule has 0 aliphatic carbocycles. The van der Waals surface area contributed by atoms with Crippen molar-refractivity contribution in [3.05, 3.63) is 35.5 Å². The molecule has 0 fully saturated rings. The molecule has 2 heterocycles. The van der Waals surface area contributed by atoms with Gasteiger partial charge < -0.3 is 5.32 Å². The first kappa shape index (κ1) is 12.9. The van der Waals surface area contributed by atoms with Gasteiger partial charge in [0.25, 0.3) is 0 Å². The van der Waals surface area contributed by atoms with Crippen LogP contribution in [0.5, 0.6) is 0 Å². The van der Waals surface area contributed by atoms with Gasteiger partial charge in [-0.2, -0.15) is 5.26 Å². The van der Waals surface area contributed by atoms with Crippen LogP contribution in [0.1, 0.15) is 12.0 Å². The van der Waals surface area contributed by atoms with E-state index in [0.29, 0.717) is 11.4 Å². The van der Waals surface area contributed by atoms with Crippen LogP contribution >= 0.6 is 23.1 Å². The van der Waals surface area contributed by atoms with Crippen LogP contribution in [0.25, 0.3) is 0 Å². The van der Waals surface area contributed by atoms with Crippen molar-refractivity contribution in [1.82, 2.24) is 9.97 Å². The van der Waals surface area contributed by atoms with E-state index in [2.05, 4.69) is 21.4 Å². The maximum absolute atomic E-state index is 8.91. The van der Waals surface area contributed by atoms with E-state index >= 15 is 0 Å². The number of nitriles is 1. The molecule has 0 aliphatic rings. The Morgan fingerprint density at radius 3 is 3.11 bits per heavy atom. The molecule has 6 heteroatoms. The van der Waals surface area contributed by atoms with Gasteiger partial charge in [0.1, 0.15) is 16.2 Å². The Labute approximate surface area is 114 Å². The minimum Gasteiger partial charge on any atom is -0.369 e. The molecule has 0 amide bonds. The Kier molecular flexibility index (Phi) is 5.00. The maximum Gasteiger partial charge on any atom is 0.149 e. The Hall–Kier alpha value is -1.58. The molecule has 0 radical (unpaired) electrons. The predicted molar refractivity (Wildman–Crippen MR) is 74.9 cm³/mol. The van der Waals surface area contributed by atoms with Crippen LogP contribution < -0.4 is 5.32 Å². The molecular formula is C12H12N4S2. The molecule has 0 aromatic carbocycles. The lowest BCUT2D eigenvalue weighted by atomic mass is 10.3. The fourth-order valence-corrected chi connectivity index (χ4v) is 3.00. The molecule has 0 unspecified atom stereocenters. The minimum absolute atomic E-state index is 0.588. The van der Waals surface area contributed by atoms with Gasteiger partial charge in [-0.25, -0.2) is 9.97 Å². The molecule has 0 saturated heterocycles. The second-order valence-corrected chi connectivity index (χ2v) is 5.67. The van der Waals surface area contributed by atoms with Crippen molar-refractivity contribution < 1.29 is 0 Å².